The Bertz CT molecular complexity index is 839. The van der Waals surface area contributed by atoms with Gasteiger partial charge in [-0.05, 0) is 24.1 Å². The van der Waals surface area contributed by atoms with E-state index in [-0.39, 0.29) is 11.4 Å². The van der Waals surface area contributed by atoms with Crippen LogP contribution in [0.25, 0.3) is 0 Å². The van der Waals surface area contributed by atoms with Crippen LogP contribution in [0, 0.1) is 0 Å². The Kier molecular flexibility index (Phi) is 6.39. The van der Waals surface area contributed by atoms with E-state index in [2.05, 4.69) is 4.72 Å². The van der Waals surface area contributed by atoms with Crippen molar-refractivity contribution >= 4 is 27.3 Å². The van der Waals surface area contributed by atoms with Crippen LogP contribution in [0.15, 0.2) is 36.4 Å². The van der Waals surface area contributed by atoms with Crippen molar-refractivity contribution in [3.8, 4) is 17.2 Å². The fourth-order valence-corrected chi connectivity index (χ4v) is 3.57. The zero-order valence-electron chi connectivity index (χ0n) is 14.2. The number of sulfonamides is 1. The highest BCUT2D eigenvalue weighted by molar-refractivity contribution is 7.92. The van der Waals surface area contributed by atoms with Crippen LogP contribution in [0.2, 0.25) is 5.02 Å². The van der Waals surface area contributed by atoms with Crippen LogP contribution >= 0.6 is 11.6 Å². The second-order valence-electron chi connectivity index (χ2n) is 5.21. The van der Waals surface area contributed by atoms with Crippen molar-refractivity contribution in [2.24, 2.45) is 0 Å². The minimum absolute atomic E-state index is 0.0890. The van der Waals surface area contributed by atoms with Crippen molar-refractivity contribution in [2.45, 2.75) is 6.42 Å². The Balaban J connectivity index is 2.15. The predicted octanol–water partition coefficient (Wildman–Crippen LogP) is 3.35. The predicted molar refractivity (Wildman–Crippen MR) is 98.7 cm³/mol. The first-order valence-corrected chi connectivity index (χ1v) is 9.46. The minimum Gasteiger partial charge on any atom is -0.497 e. The Morgan fingerprint density at radius 2 is 1.72 bits per heavy atom. The van der Waals surface area contributed by atoms with Gasteiger partial charge in [0, 0.05) is 12.1 Å². The second kappa shape index (κ2) is 8.31. The third-order valence-corrected chi connectivity index (χ3v) is 5.10. The maximum atomic E-state index is 12.4. The summed E-state index contributed by atoms with van der Waals surface area (Å²) in [5, 5.41) is 0.332. The van der Waals surface area contributed by atoms with Gasteiger partial charge >= 0.3 is 0 Å². The van der Waals surface area contributed by atoms with Crippen molar-refractivity contribution < 1.29 is 22.6 Å². The first-order chi connectivity index (χ1) is 11.9. The summed E-state index contributed by atoms with van der Waals surface area (Å²) in [5.74, 6) is 1.27. The van der Waals surface area contributed by atoms with Gasteiger partial charge in [-0.3, -0.25) is 4.72 Å². The standard InChI is InChI=1S/C17H20ClNO5S/c1-22-13-6-4-5-12(9-13)7-8-25(20,21)19-15-11-16(23-2)14(18)10-17(15)24-3/h4-6,9-11,19H,7-8H2,1-3H3. The van der Waals surface area contributed by atoms with E-state index < -0.39 is 10.0 Å². The lowest BCUT2D eigenvalue weighted by molar-refractivity contribution is 0.405. The van der Waals surface area contributed by atoms with Crippen molar-refractivity contribution in [1.29, 1.82) is 0 Å². The molecule has 1 N–H and O–H groups in total. The van der Waals surface area contributed by atoms with Gasteiger partial charge in [-0.2, -0.15) is 0 Å². The van der Waals surface area contributed by atoms with E-state index in [0.29, 0.717) is 28.7 Å². The number of benzene rings is 2. The van der Waals surface area contributed by atoms with E-state index in [1.165, 1.54) is 26.4 Å². The molecule has 0 aliphatic rings. The van der Waals surface area contributed by atoms with E-state index in [0.717, 1.165) is 5.56 Å². The number of hydrogen-bond acceptors (Lipinski definition) is 5. The fourth-order valence-electron chi connectivity index (χ4n) is 2.24. The lowest BCUT2D eigenvalue weighted by atomic mass is 10.2. The van der Waals surface area contributed by atoms with Gasteiger partial charge in [0.05, 0.1) is 37.8 Å². The van der Waals surface area contributed by atoms with Gasteiger partial charge in [0.2, 0.25) is 10.0 Å². The number of anilines is 1. The Morgan fingerprint density at radius 3 is 2.36 bits per heavy atom. The lowest BCUT2D eigenvalue weighted by Crippen LogP contribution is -2.18. The van der Waals surface area contributed by atoms with Gasteiger partial charge in [-0.1, -0.05) is 23.7 Å². The number of rotatable bonds is 8. The number of ether oxygens (including phenoxy) is 3. The molecule has 0 bridgehead atoms. The summed E-state index contributed by atoms with van der Waals surface area (Å²) in [5.41, 5.74) is 1.14. The van der Waals surface area contributed by atoms with Gasteiger partial charge in [0.15, 0.2) is 0 Å². The molecular formula is C17H20ClNO5S. The summed E-state index contributed by atoms with van der Waals surface area (Å²) in [6.07, 6.45) is 0.347. The summed E-state index contributed by atoms with van der Waals surface area (Å²) in [6.45, 7) is 0. The third kappa shape index (κ3) is 5.17. The average Bonchev–Trinajstić information content (AvgIpc) is 2.61. The Labute approximate surface area is 152 Å². The van der Waals surface area contributed by atoms with Crippen molar-refractivity contribution in [1.82, 2.24) is 0 Å². The third-order valence-electron chi connectivity index (χ3n) is 3.53. The van der Waals surface area contributed by atoms with Crippen LogP contribution in [-0.4, -0.2) is 35.5 Å². The lowest BCUT2D eigenvalue weighted by Gasteiger charge is -2.14. The summed E-state index contributed by atoms with van der Waals surface area (Å²) in [4.78, 5) is 0. The first-order valence-electron chi connectivity index (χ1n) is 7.43. The molecule has 0 saturated heterocycles. The smallest absolute Gasteiger partial charge is 0.233 e. The number of hydrogen-bond donors (Lipinski definition) is 1. The molecule has 0 heterocycles. The number of halogens is 1. The van der Waals surface area contributed by atoms with Crippen LogP contribution in [0.5, 0.6) is 17.2 Å². The molecule has 6 nitrogen and oxygen atoms in total. The Morgan fingerprint density at radius 1 is 1.00 bits per heavy atom. The van der Waals surface area contributed by atoms with Gasteiger partial charge in [-0.15, -0.1) is 0 Å². The van der Waals surface area contributed by atoms with Crippen molar-refractivity contribution in [3.63, 3.8) is 0 Å². The molecule has 0 amide bonds. The molecule has 0 aliphatic heterocycles. The topological polar surface area (TPSA) is 73.9 Å². The molecule has 0 aliphatic carbocycles. The molecule has 0 radical (unpaired) electrons. The molecule has 8 heteroatoms. The molecule has 0 saturated carbocycles. The summed E-state index contributed by atoms with van der Waals surface area (Å²) >= 11 is 6.03. The zero-order chi connectivity index (χ0) is 18.4. The molecule has 0 atom stereocenters. The van der Waals surface area contributed by atoms with Crippen LogP contribution in [0.4, 0.5) is 5.69 Å². The second-order valence-corrected chi connectivity index (χ2v) is 7.46. The maximum Gasteiger partial charge on any atom is 0.233 e. The highest BCUT2D eigenvalue weighted by Crippen LogP contribution is 2.36. The summed E-state index contributed by atoms with van der Waals surface area (Å²) in [6, 6.07) is 10.3. The molecule has 0 aromatic heterocycles. The van der Waals surface area contributed by atoms with Gasteiger partial charge in [0.25, 0.3) is 0 Å². The number of nitrogens with one attached hydrogen (secondary N) is 1. The molecule has 0 fully saturated rings. The van der Waals surface area contributed by atoms with Crippen LogP contribution in [0.3, 0.4) is 0 Å². The summed E-state index contributed by atoms with van der Waals surface area (Å²) in [7, 11) is 0.865. The minimum atomic E-state index is -3.59. The van der Waals surface area contributed by atoms with Gasteiger partial charge < -0.3 is 14.2 Å². The zero-order valence-corrected chi connectivity index (χ0v) is 15.8. The monoisotopic (exact) mass is 385 g/mol. The molecule has 2 rings (SSSR count). The Hall–Kier alpha value is -2.12. The van der Waals surface area contributed by atoms with Crippen LogP contribution < -0.4 is 18.9 Å². The van der Waals surface area contributed by atoms with Crippen molar-refractivity contribution in [2.75, 3.05) is 31.8 Å². The normalized spacial score (nSPS) is 11.0. The first kappa shape index (κ1) is 19.2. The fraction of sp³-hybridized carbons (Fsp3) is 0.294. The highest BCUT2D eigenvalue weighted by Gasteiger charge is 2.16. The summed E-state index contributed by atoms with van der Waals surface area (Å²) < 4.78 is 42.8. The average molecular weight is 386 g/mol. The van der Waals surface area contributed by atoms with E-state index in [4.69, 9.17) is 25.8 Å². The van der Waals surface area contributed by atoms with E-state index in [1.807, 2.05) is 12.1 Å². The largest absolute Gasteiger partial charge is 0.497 e. The van der Waals surface area contributed by atoms with Crippen LogP contribution in [0.1, 0.15) is 5.56 Å². The molecule has 2 aromatic carbocycles. The van der Waals surface area contributed by atoms with Gasteiger partial charge in [0.1, 0.15) is 17.2 Å². The SMILES string of the molecule is COc1cccc(CCS(=O)(=O)Nc2cc(OC)c(Cl)cc2OC)c1. The quantitative estimate of drug-likeness (QED) is 0.754. The number of aryl methyl sites for hydroxylation is 1. The molecule has 2 aromatic rings. The highest BCUT2D eigenvalue weighted by atomic mass is 35.5. The van der Waals surface area contributed by atoms with E-state index in [1.54, 1.807) is 19.2 Å². The molecular weight excluding hydrogens is 366 g/mol. The van der Waals surface area contributed by atoms with Crippen LogP contribution in [-0.2, 0) is 16.4 Å². The van der Waals surface area contributed by atoms with Gasteiger partial charge in [-0.25, -0.2) is 8.42 Å². The molecule has 25 heavy (non-hydrogen) atoms. The molecule has 136 valence electrons. The molecule has 0 spiro atoms. The van der Waals surface area contributed by atoms with Crippen molar-refractivity contribution in [3.05, 3.63) is 47.0 Å². The van der Waals surface area contributed by atoms with E-state index in [9.17, 15) is 8.42 Å². The van der Waals surface area contributed by atoms with E-state index >= 15 is 0 Å². The number of methoxy groups -OCH3 is 3. The maximum absolute atomic E-state index is 12.4. The molecule has 0 unspecified atom stereocenters.